The summed E-state index contributed by atoms with van der Waals surface area (Å²) < 4.78 is 0. The molecule has 2 rings (SSSR count). The van der Waals surface area contributed by atoms with Crippen LogP contribution in [-0.4, -0.2) is 17.1 Å². The summed E-state index contributed by atoms with van der Waals surface area (Å²) >= 11 is 0. The van der Waals surface area contributed by atoms with Crippen LogP contribution in [0.5, 0.6) is 0 Å². The van der Waals surface area contributed by atoms with Crippen molar-refractivity contribution in [3.8, 4) is 0 Å². The van der Waals surface area contributed by atoms with Gasteiger partial charge < -0.3 is 10.4 Å². The first kappa shape index (κ1) is 9.06. The minimum absolute atomic E-state index is 0.101. The molecular weight excluding hydrogens is 178 g/mol. The van der Waals surface area contributed by atoms with Crippen molar-refractivity contribution >= 4 is 11.7 Å². The standard InChI is InChI=1S/C11H13NO2/c1-7-4-9-3-2-8(6-11(13)14)5-10(9)12-7/h2-3,5,7,12H,4,6H2,1H3,(H,13,14). The molecule has 0 amide bonds. The Morgan fingerprint density at radius 3 is 3.14 bits per heavy atom. The quantitative estimate of drug-likeness (QED) is 0.747. The predicted octanol–water partition coefficient (Wildman–Crippen LogP) is 1.67. The second-order valence-electron chi connectivity index (χ2n) is 3.81. The summed E-state index contributed by atoms with van der Waals surface area (Å²) in [6, 6.07) is 6.31. The Balaban J connectivity index is 2.24. The molecule has 0 radical (unpaired) electrons. The number of hydrogen-bond acceptors (Lipinski definition) is 2. The first-order valence-electron chi connectivity index (χ1n) is 4.75. The topological polar surface area (TPSA) is 49.3 Å². The van der Waals surface area contributed by atoms with Crippen LogP contribution in [0.2, 0.25) is 0 Å². The average Bonchev–Trinajstić information content (AvgIpc) is 2.42. The van der Waals surface area contributed by atoms with Crippen LogP contribution in [0.25, 0.3) is 0 Å². The van der Waals surface area contributed by atoms with Crippen LogP contribution in [0.15, 0.2) is 18.2 Å². The van der Waals surface area contributed by atoms with E-state index in [1.807, 2.05) is 18.2 Å². The van der Waals surface area contributed by atoms with E-state index in [4.69, 9.17) is 5.11 Å². The number of rotatable bonds is 2. The lowest BCUT2D eigenvalue weighted by atomic mass is 10.1. The first-order valence-corrected chi connectivity index (χ1v) is 4.75. The third-order valence-corrected chi connectivity index (χ3v) is 2.46. The highest BCUT2D eigenvalue weighted by molar-refractivity contribution is 5.71. The molecule has 0 bridgehead atoms. The molecule has 2 N–H and O–H groups in total. The SMILES string of the molecule is CC1Cc2ccc(CC(=O)O)cc2N1. The highest BCUT2D eigenvalue weighted by Crippen LogP contribution is 2.26. The van der Waals surface area contributed by atoms with Gasteiger partial charge in [0.1, 0.15) is 0 Å². The van der Waals surface area contributed by atoms with Crippen molar-refractivity contribution in [2.45, 2.75) is 25.8 Å². The molecule has 1 aromatic carbocycles. The number of fused-ring (bicyclic) bond motifs is 1. The molecule has 0 spiro atoms. The van der Waals surface area contributed by atoms with Crippen molar-refractivity contribution in [1.29, 1.82) is 0 Å². The maximum absolute atomic E-state index is 10.5. The van der Waals surface area contributed by atoms with Crippen molar-refractivity contribution in [1.82, 2.24) is 0 Å². The van der Waals surface area contributed by atoms with E-state index in [-0.39, 0.29) is 6.42 Å². The van der Waals surface area contributed by atoms with E-state index < -0.39 is 5.97 Å². The van der Waals surface area contributed by atoms with Crippen molar-refractivity contribution < 1.29 is 9.90 Å². The molecule has 1 atom stereocenters. The highest BCUT2D eigenvalue weighted by atomic mass is 16.4. The summed E-state index contributed by atoms with van der Waals surface area (Å²) in [5, 5.41) is 12.0. The Morgan fingerprint density at radius 1 is 1.64 bits per heavy atom. The molecule has 1 aliphatic rings. The molecule has 0 saturated heterocycles. The Kier molecular flexibility index (Phi) is 2.15. The van der Waals surface area contributed by atoms with E-state index in [0.29, 0.717) is 6.04 Å². The number of nitrogens with one attached hydrogen (secondary N) is 1. The number of carbonyl (C=O) groups is 1. The molecule has 0 fully saturated rings. The second kappa shape index (κ2) is 3.33. The van der Waals surface area contributed by atoms with E-state index in [9.17, 15) is 4.79 Å². The zero-order valence-corrected chi connectivity index (χ0v) is 8.08. The summed E-state index contributed by atoms with van der Waals surface area (Å²) in [5.74, 6) is -0.781. The summed E-state index contributed by atoms with van der Waals surface area (Å²) in [7, 11) is 0. The lowest BCUT2D eigenvalue weighted by Crippen LogP contribution is -2.08. The first-order chi connectivity index (χ1) is 6.65. The van der Waals surface area contributed by atoms with Crippen LogP contribution < -0.4 is 5.32 Å². The summed E-state index contributed by atoms with van der Waals surface area (Å²) in [4.78, 5) is 10.5. The van der Waals surface area contributed by atoms with Gasteiger partial charge in [0, 0.05) is 11.7 Å². The van der Waals surface area contributed by atoms with Gasteiger partial charge in [0.15, 0.2) is 0 Å². The van der Waals surface area contributed by atoms with E-state index >= 15 is 0 Å². The molecule has 14 heavy (non-hydrogen) atoms. The monoisotopic (exact) mass is 191 g/mol. The molecule has 1 aromatic rings. The molecule has 1 heterocycles. The van der Waals surface area contributed by atoms with Gasteiger partial charge in [-0.15, -0.1) is 0 Å². The Labute approximate surface area is 82.8 Å². The minimum atomic E-state index is -0.781. The fraction of sp³-hybridized carbons (Fsp3) is 0.364. The zero-order valence-electron chi connectivity index (χ0n) is 8.08. The maximum atomic E-state index is 10.5. The van der Waals surface area contributed by atoms with Crippen LogP contribution in [0.4, 0.5) is 5.69 Å². The van der Waals surface area contributed by atoms with E-state index in [1.54, 1.807) is 0 Å². The number of benzene rings is 1. The van der Waals surface area contributed by atoms with Crippen LogP contribution in [0.1, 0.15) is 18.1 Å². The fourth-order valence-electron chi connectivity index (χ4n) is 1.87. The smallest absolute Gasteiger partial charge is 0.307 e. The van der Waals surface area contributed by atoms with Gasteiger partial charge >= 0.3 is 5.97 Å². The molecule has 3 heteroatoms. The maximum Gasteiger partial charge on any atom is 0.307 e. The molecule has 0 saturated carbocycles. The van der Waals surface area contributed by atoms with Gasteiger partial charge in [0.05, 0.1) is 6.42 Å². The van der Waals surface area contributed by atoms with Gasteiger partial charge in [-0.1, -0.05) is 12.1 Å². The van der Waals surface area contributed by atoms with Crippen molar-refractivity contribution in [3.63, 3.8) is 0 Å². The normalized spacial score (nSPS) is 18.8. The molecule has 1 unspecified atom stereocenters. The number of anilines is 1. The Morgan fingerprint density at radius 2 is 2.43 bits per heavy atom. The van der Waals surface area contributed by atoms with Gasteiger partial charge in [-0.3, -0.25) is 4.79 Å². The average molecular weight is 191 g/mol. The van der Waals surface area contributed by atoms with Gasteiger partial charge in [-0.25, -0.2) is 0 Å². The molecular formula is C11H13NO2. The molecule has 74 valence electrons. The minimum Gasteiger partial charge on any atom is -0.481 e. The molecule has 3 nitrogen and oxygen atoms in total. The van der Waals surface area contributed by atoms with Gasteiger partial charge in [0.25, 0.3) is 0 Å². The van der Waals surface area contributed by atoms with E-state index in [1.165, 1.54) is 5.56 Å². The van der Waals surface area contributed by atoms with Crippen LogP contribution >= 0.6 is 0 Å². The third kappa shape index (κ3) is 1.71. The van der Waals surface area contributed by atoms with E-state index in [2.05, 4.69) is 12.2 Å². The van der Waals surface area contributed by atoms with Crippen LogP contribution in [0.3, 0.4) is 0 Å². The Bertz CT molecular complexity index is 374. The summed E-state index contributed by atoms with van der Waals surface area (Å²) in [5.41, 5.74) is 3.24. The number of carboxylic acids is 1. The van der Waals surface area contributed by atoms with Gasteiger partial charge in [-0.05, 0) is 30.5 Å². The van der Waals surface area contributed by atoms with Gasteiger partial charge in [-0.2, -0.15) is 0 Å². The second-order valence-corrected chi connectivity index (χ2v) is 3.81. The summed E-state index contributed by atoms with van der Waals surface area (Å²) in [6.07, 6.45) is 1.13. The lowest BCUT2D eigenvalue weighted by Gasteiger charge is -2.03. The fourth-order valence-corrected chi connectivity index (χ4v) is 1.87. The van der Waals surface area contributed by atoms with E-state index in [0.717, 1.165) is 17.7 Å². The number of hydrogen-bond donors (Lipinski definition) is 2. The molecule has 0 aliphatic carbocycles. The Hall–Kier alpha value is -1.51. The van der Waals surface area contributed by atoms with Crippen molar-refractivity contribution in [2.75, 3.05) is 5.32 Å². The number of carboxylic acid groups (broad SMARTS) is 1. The summed E-state index contributed by atoms with van der Waals surface area (Å²) in [6.45, 7) is 2.12. The number of aliphatic carboxylic acids is 1. The van der Waals surface area contributed by atoms with Crippen LogP contribution in [0, 0.1) is 0 Å². The predicted molar refractivity (Wildman–Crippen MR) is 54.6 cm³/mol. The zero-order chi connectivity index (χ0) is 10.1. The van der Waals surface area contributed by atoms with Crippen molar-refractivity contribution in [2.24, 2.45) is 0 Å². The third-order valence-electron chi connectivity index (χ3n) is 2.46. The van der Waals surface area contributed by atoms with Crippen molar-refractivity contribution in [3.05, 3.63) is 29.3 Å². The van der Waals surface area contributed by atoms with Gasteiger partial charge in [0.2, 0.25) is 0 Å². The van der Waals surface area contributed by atoms with Crippen LogP contribution in [-0.2, 0) is 17.6 Å². The molecule has 0 aromatic heterocycles. The largest absolute Gasteiger partial charge is 0.481 e. The lowest BCUT2D eigenvalue weighted by molar-refractivity contribution is -0.136. The molecule has 1 aliphatic heterocycles. The highest BCUT2D eigenvalue weighted by Gasteiger charge is 2.16.